The molecule has 0 unspecified atom stereocenters. The SMILES string of the molecule is Cc1ccc2c(NC(=O)N3c4nc(C(=O)CC[C@@H](N)C(F)(F)F)ccc4N4CC[C@H]3C4)n[nH]c2n1. The topological polar surface area (TPSA) is 133 Å². The normalized spacial score (nSPS) is 18.0. The number of pyridine rings is 2. The number of urea groups is 1. The molecule has 1 fully saturated rings. The Hall–Kier alpha value is -3.74. The van der Waals surface area contributed by atoms with Crippen LogP contribution in [0.2, 0.25) is 0 Å². The summed E-state index contributed by atoms with van der Waals surface area (Å²) in [5.74, 6) is 0.0318. The summed E-state index contributed by atoms with van der Waals surface area (Å²) >= 11 is 0. The molecule has 3 aromatic rings. The van der Waals surface area contributed by atoms with Crippen LogP contribution in [-0.4, -0.2) is 63.3 Å². The molecule has 10 nitrogen and oxygen atoms in total. The molecular weight excluding hydrogens is 465 g/mol. The van der Waals surface area contributed by atoms with E-state index in [1.165, 1.54) is 11.0 Å². The van der Waals surface area contributed by atoms with Crippen LogP contribution < -0.4 is 20.9 Å². The maximum atomic E-state index is 13.4. The highest BCUT2D eigenvalue weighted by Crippen LogP contribution is 2.39. The first-order valence-electron chi connectivity index (χ1n) is 11.1. The van der Waals surface area contributed by atoms with Crippen molar-refractivity contribution in [1.82, 2.24) is 20.2 Å². The molecule has 184 valence electrons. The number of nitrogens with two attached hydrogens (primary N) is 1. The van der Waals surface area contributed by atoms with Gasteiger partial charge in [-0.25, -0.2) is 14.8 Å². The second-order valence-electron chi connectivity index (χ2n) is 8.76. The lowest BCUT2D eigenvalue weighted by atomic mass is 10.1. The zero-order chi connectivity index (χ0) is 24.9. The summed E-state index contributed by atoms with van der Waals surface area (Å²) in [7, 11) is 0. The number of hydrogen-bond acceptors (Lipinski definition) is 7. The first kappa shape index (κ1) is 23.0. The Morgan fingerprint density at radius 1 is 1.26 bits per heavy atom. The maximum Gasteiger partial charge on any atom is 0.403 e. The van der Waals surface area contributed by atoms with Gasteiger partial charge in [-0.05, 0) is 44.0 Å². The average molecular weight is 488 g/mol. The number of alkyl halides is 3. The van der Waals surface area contributed by atoms with Gasteiger partial charge < -0.3 is 10.6 Å². The summed E-state index contributed by atoms with van der Waals surface area (Å²) in [6, 6.07) is 4.03. The Bertz CT molecular complexity index is 1310. The van der Waals surface area contributed by atoms with Crippen LogP contribution in [0.1, 0.15) is 35.4 Å². The first-order valence-corrected chi connectivity index (χ1v) is 11.1. The Morgan fingerprint density at radius 2 is 2.06 bits per heavy atom. The fourth-order valence-corrected chi connectivity index (χ4v) is 4.46. The van der Waals surface area contributed by atoms with Gasteiger partial charge in [0.25, 0.3) is 0 Å². The van der Waals surface area contributed by atoms with Crippen LogP contribution in [0.5, 0.6) is 0 Å². The molecule has 2 atom stereocenters. The molecule has 0 radical (unpaired) electrons. The Morgan fingerprint density at radius 3 is 2.83 bits per heavy atom. The van der Waals surface area contributed by atoms with E-state index in [1.54, 1.807) is 12.1 Å². The Balaban J connectivity index is 1.41. The number of aromatic amines is 1. The third-order valence-electron chi connectivity index (χ3n) is 6.35. The highest BCUT2D eigenvalue weighted by atomic mass is 19.4. The molecular formula is C22H23F3N8O2. The van der Waals surface area contributed by atoms with Gasteiger partial charge in [-0.15, -0.1) is 0 Å². The van der Waals surface area contributed by atoms with Crippen molar-refractivity contribution in [2.24, 2.45) is 5.73 Å². The molecule has 4 N–H and O–H groups in total. The summed E-state index contributed by atoms with van der Waals surface area (Å²) in [6.07, 6.45) is -4.82. The lowest BCUT2D eigenvalue weighted by molar-refractivity contribution is -0.148. The minimum absolute atomic E-state index is 0.0108. The fraction of sp³-hybridized carbons (Fsp3) is 0.409. The van der Waals surface area contributed by atoms with Crippen molar-refractivity contribution in [3.63, 3.8) is 0 Å². The first-order chi connectivity index (χ1) is 16.6. The summed E-state index contributed by atoms with van der Waals surface area (Å²) in [4.78, 5) is 38.3. The van der Waals surface area contributed by atoms with Gasteiger partial charge in [0.1, 0.15) is 11.7 Å². The van der Waals surface area contributed by atoms with E-state index in [1.807, 2.05) is 13.0 Å². The number of carbonyl (C=O) groups is 2. The van der Waals surface area contributed by atoms with Gasteiger partial charge >= 0.3 is 12.2 Å². The molecule has 5 rings (SSSR count). The third-order valence-corrected chi connectivity index (χ3v) is 6.35. The fourth-order valence-electron chi connectivity index (χ4n) is 4.46. The van der Waals surface area contributed by atoms with E-state index >= 15 is 0 Å². The number of rotatable bonds is 5. The molecule has 1 saturated heterocycles. The predicted octanol–water partition coefficient (Wildman–Crippen LogP) is 3.14. The molecule has 2 aliphatic heterocycles. The van der Waals surface area contributed by atoms with Crippen LogP contribution in [0.25, 0.3) is 11.0 Å². The summed E-state index contributed by atoms with van der Waals surface area (Å²) < 4.78 is 38.1. The van der Waals surface area contributed by atoms with E-state index in [0.717, 1.165) is 5.69 Å². The van der Waals surface area contributed by atoms with Crippen molar-refractivity contribution in [1.29, 1.82) is 0 Å². The van der Waals surface area contributed by atoms with Gasteiger partial charge in [0.2, 0.25) is 0 Å². The van der Waals surface area contributed by atoms with Gasteiger partial charge in [0.05, 0.1) is 17.1 Å². The molecule has 0 aliphatic carbocycles. The quantitative estimate of drug-likeness (QED) is 0.470. The van der Waals surface area contributed by atoms with Gasteiger partial charge in [0.15, 0.2) is 23.1 Å². The van der Waals surface area contributed by atoms with Crippen molar-refractivity contribution in [3.05, 3.63) is 35.7 Å². The van der Waals surface area contributed by atoms with Crippen molar-refractivity contribution >= 4 is 40.2 Å². The molecule has 2 aliphatic rings. The van der Waals surface area contributed by atoms with Crippen molar-refractivity contribution in [2.75, 3.05) is 28.2 Å². The smallest absolute Gasteiger partial charge is 0.366 e. The number of ketones is 1. The number of Topliss-reactive ketones (excluding diaryl/α,β-unsaturated/α-hetero) is 1. The lowest BCUT2D eigenvalue weighted by Crippen LogP contribution is -2.48. The average Bonchev–Trinajstić information content (AvgIpc) is 3.41. The molecule has 0 aromatic carbocycles. The number of nitrogens with one attached hydrogen (secondary N) is 2. The van der Waals surface area contributed by atoms with E-state index in [0.29, 0.717) is 42.0 Å². The van der Waals surface area contributed by atoms with Gasteiger partial charge in [-0.1, -0.05) is 0 Å². The van der Waals surface area contributed by atoms with Crippen molar-refractivity contribution in [2.45, 2.75) is 44.4 Å². The Kier molecular flexibility index (Phi) is 5.58. The minimum Gasteiger partial charge on any atom is -0.366 e. The maximum absolute atomic E-state index is 13.4. The number of anilines is 3. The number of nitrogens with zero attached hydrogens (tertiary/aromatic N) is 5. The molecule has 2 bridgehead atoms. The number of amides is 2. The number of aromatic nitrogens is 4. The second kappa shape index (κ2) is 8.48. The van der Waals surface area contributed by atoms with Gasteiger partial charge in [-0.2, -0.15) is 18.3 Å². The molecule has 35 heavy (non-hydrogen) atoms. The second-order valence-corrected chi connectivity index (χ2v) is 8.76. The highest BCUT2D eigenvalue weighted by molar-refractivity contribution is 6.08. The number of hydrogen-bond donors (Lipinski definition) is 3. The molecule has 5 heterocycles. The van der Waals surface area contributed by atoms with E-state index in [4.69, 9.17) is 5.73 Å². The van der Waals surface area contributed by atoms with Crippen LogP contribution in [0.15, 0.2) is 24.3 Å². The van der Waals surface area contributed by atoms with Crippen LogP contribution in [0.4, 0.5) is 35.3 Å². The summed E-state index contributed by atoms with van der Waals surface area (Å²) in [5.41, 5.74) is 7.13. The zero-order valence-corrected chi connectivity index (χ0v) is 18.8. The predicted molar refractivity (Wildman–Crippen MR) is 123 cm³/mol. The number of aryl methyl sites for hydroxylation is 1. The zero-order valence-electron chi connectivity index (χ0n) is 18.8. The van der Waals surface area contributed by atoms with Crippen LogP contribution >= 0.6 is 0 Å². The number of fused-ring (bicyclic) bond motifs is 5. The Labute approximate surface area is 197 Å². The van der Waals surface area contributed by atoms with Crippen LogP contribution in [-0.2, 0) is 0 Å². The number of carbonyl (C=O) groups excluding carboxylic acids is 2. The number of H-pyrrole nitrogens is 1. The van der Waals surface area contributed by atoms with Crippen molar-refractivity contribution in [3.8, 4) is 0 Å². The van der Waals surface area contributed by atoms with Crippen LogP contribution in [0, 0.1) is 6.92 Å². The van der Waals surface area contributed by atoms with E-state index in [-0.39, 0.29) is 17.6 Å². The third kappa shape index (κ3) is 4.27. The summed E-state index contributed by atoms with van der Waals surface area (Å²) in [6.45, 7) is 3.17. The van der Waals surface area contributed by atoms with E-state index in [2.05, 4.69) is 30.4 Å². The van der Waals surface area contributed by atoms with Crippen LogP contribution in [0.3, 0.4) is 0 Å². The van der Waals surface area contributed by atoms with E-state index < -0.39 is 36.9 Å². The lowest BCUT2D eigenvalue weighted by Gasteiger charge is -2.35. The van der Waals surface area contributed by atoms with E-state index in [9.17, 15) is 22.8 Å². The molecule has 0 spiro atoms. The monoisotopic (exact) mass is 488 g/mol. The number of halogens is 3. The molecule has 13 heteroatoms. The molecule has 0 saturated carbocycles. The van der Waals surface area contributed by atoms with Gasteiger partial charge in [0, 0.05) is 25.2 Å². The minimum atomic E-state index is -4.57. The molecule has 3 aromatic heterocycles. The van der Waals surface area contributed by atoms with Gasteiger partial charge in [-0.3, -0.25) is 20.1 Å². The van der Waals surface area contributed by atoms with Crippen molar-refractivity contribution < 1.29 is 22.8 Å². The molecule has 2 amide bonds. The highest BCUT2D eigenvalue weighted by Gasteiger charge is 2.41. The summed E-state index contributed by atoms with van der Waals surface area (Å²) in [5, 5.41) is 10.4. The standard InChI is InChI=1S/C22H23F3N8O2/c1-11-2-3-13-18(27-11)30-31-19(13)29-21(35)33-12-8-9-32(10-12)15-5-4-14(28-20(15)33)16(34)6-7-17(26)22(23,24)25/h2-5,12,17H,6-10,26H2,1H3,(H2,27,29,30,31,35)/t12-,17+/m0/s1. The largest absolute Gasteiger partial charge is 0.403 e.